The van der Waals surface area contributed by atoms with Crippen LogP contribution in [0.4, 0.5) is 0 Å². The fourth-order valence-corrected chi connectivity index (χ4v) is 3.78. The van der Waals surface area contributed by atoms with Crippen LogP contribution in [0.1, 0.15) is 51.4 Å². The monoisotopic (exact) mass is 527 g/mol. The number of amides is 5. The van der Waals surface area contributed by atoms with Gasteiger partial charge < -0.3 is 49.3 Å². The summed E-state index contributed by atoms with van der Waals surface area (Å²) in [6, 6.07) is -4.63. The van der Waals surface area contributed by atoms with E-state index in [0.29, 0.717) is 6.42 Å². The summed E-state index contributed by atoms with van der Waals surface area (Å²) < 4.78 is 0. The number of nitrogens with two attached hydrogens (primary N) is 5. The molecule has 0 aliphatic carbocycles. The highest BCUT2D eigenvalue weighted by atomic mass is 16.4. The summed E-state index contributed by atoms with van der Waals surface area (Å²) in [6.45, 7) is 0.355. The highest BCUT2D eigenvalue weighted by molar-refractivity contribution is 5.94. The first kappa shape index (κ1) is 31.1. The molecule has 16 heteroatoms. The van der Waals surface area contributed by atoms with Gasteiger partial charge >= 0.3 is 5.97 Å². The maximum absolute atomic E-state index is 13.2. The number of carbonyl (C=O) groups excluding carboxylic acids is 5. The van der Waals surface area contributed by atoms with Crippen LogP contribution < -0.4 is 39.3 Å². The lowest BCUT2D eigenvalue weighted by Gasteiger charge is -2.29. The maximum Gasteiger partial charge on any atom is 0.326 e. The predicted octanol–water partition coefficient (Wildman–Crippen LogP) is -4.06. The highest BCUT2D eigenvalue weighted by Crippen LogP contribution is 2.20. The minimum Gasteiger partial charge on any atom is -0.480 e. The van der Waals surface area contributed by atoms with Gasteiger partial charge in [-0.1, -0.05) is 0 Å². The molecule has 0 radical (unpaired) electrons. The Morgan fingerprint density at radius 1 is 0.892 bits per heavy atom. The van der Waals surface area contributed by atoms with E-state index < -0.39 is 59.7 Å². The predicted molar refractivity (Wildman–Crippen MR) is 131 cm³/mol. The standard InChI is InChI=1S/C21H37N9O7/c22-11(5-7-15(23)31)17(33)28-12(6-8-16(24)32)18(34)29-13(3-1-9-27-21(25)26)19(35)30-10-2-4-14(30)20(36)37/h11-14H,1-10,22H2,(H2,23,31)(H2,24,32)(H,28,33)(H,29,34)(H,36,37)(H4,25,26,27). The number of primary amides is 2. The normalized spacial score (nSPS) is 17.2. The molecule has 5 amide bonds. The number of hydrogen-bond donors (Lipinski definition) is 8. The van der Waals surface area contributed by atoms with Crippen LogP contribution >= 0.6 is 0 Å². The number of guanidine groups is 1. The third-order valence-corrected chi connectivity index (χ3v) is 5.73. The van der Waals surface area contributed by atoms with E-state index in [1.165, 1.54) is 4.90 Å². The summed E-state index contributed by atoms with van der Waals surface area (Å²) >= 11 is 0. The van der Waals surface area contributed by atoms with Gasteiger partial charge in [-0.3, -0.25) is 29.0 Å². The van der Waals surface area contributed by atoms with Crippen molar-refractivity contribution >= 4 is 41.5 Å². The number of aliphatic carboxylic acids is 1. The van der Waals surface area contributed by atoms with Crippen molar-refractivity contribution in [3.05, 3.63) is 0 Å². The van der Waals surface area contributed by atoms with Crippen LogP contribution in [0.3, 0.4) is 0 Å². The summed E-state index contributed by atoms with van der Waals surface area (Å²) in [5.74, 6) is -4.88. The van der Waals surface area contributed by atoms with E-state index in [0.717, 1.165) is 0 Å². The maximum atomic E-state index is 13.2. The van der Waals surface area contributed by atoms with Crippen molar-refractivity contribution in [3.63, 3.8) is 0 Å². The second-order valence-electron chi connectivity index (χ2n) is 8.72. The molecule has 1 aliphatic rings. The number of nitrogens with zero attached hydrogens (tertiary/aromatic N) is 2. The minimum atomic E-state index is -1.29. The third kappa shape index (κ3) is 11.1. The van der Waals surface area contributed by atoms with Crippen molar-refractivity contribution in [1.29, 1.82) is 0 Å². The summed E-state index contributed by atoms with van der Waals surface area (Å²) in [7, 11) is 0. The molecule has 0 spiro atoms. The molecule has 1 fully saturated rings. The first-order valence-electron chi connectivity index (χ1n) is 11.8. The number of rotatable bonds is 16. The van der Waals surface area contributed by atoms with E-state index in [1.54, 1.807) is 0 Å². The zero-order chi connectivity index (χ0) is 28.1. The molecule has 1 rings (SSSR count). The average molecular weight is 528 g/mol. The third-order valence-electron chi connectivity index (χ3n) is 5.73. The Hall–Kier alpha value is -3.95. The summed E-state index contributed by atoms with van der Waals surface area (Å²) in [4.78, 5) is 77.7. The molecule has 1 aliphatic heterocycles. The molecule has 1 saturated heterocycles. The number of carboxylic acid groups (broad SMARTS) is 1. The van der Waals surface area contributed by atoms with Crippen molar-refractivity contribution in [2.75, 3.05) is 13.1 Å². The van der Waals surface area contributed by atoms with Crippen molar-refractivity contribution in [3.8, 4) is 0 Å². The van der Waals surface area contributed by atoms with Crippen molar-refractivity contribution in [2.24, 2.45) is 33.7 Å². The molecule has 208 valence electrons. The molecule has 4 unspecified atom stereocenters. The quantitative estimate of drug-likeness (QED) is 0.0545. The lowest BCUT2D eigenvalue weighted by Crippen LogP contribution is -2.57. The Kier molecular flexibility index (Phi) is 12.8. The van der Waals surface area contributed by atoms with E-state index in [2.05, 4.69) is 15.6 Å². The van der Waals surface area contributed by atoms with Crippen LogP contribution in [0.5, 0.6) is 0 Å². The largest absolute Gasteiger partial charge is 0.480 e. The van der Waals surface area contributed by atoms with Crippen molar-refractivity contribution in [2.45, 2.75) is 75.5 Å². The number of likely N-dealkylation sites (tertiary alicyclic amines) is 1. The van der Waals surface area contributed by atoms with Crippen molar-refractivity contribution < 1.29 is 33.9 Å². The minimum absolute atomic E-state index is 0.0667. The Morgan fingerprint density at radius 3 is 2.05 bits per heavy atom. The molecular weight excluding hydrogens is 490 g/mol. The van der Waals surface area contributed by atoms with Crippen LogP contribution in [-0.4, -0.2) is 88.7 Å². The zero-order valence-corrected chi connectivity index (χ0v) is 20.6. The second-order valence-corrected chi connectivity index (χ2v) is 8.72. The SMILES string of the molecule is NC(=O)CCC(N)C(=O)NC(CCC(N)=O)C(=O)NC(CCCN=C(N)N)C(=O)N1CCCC1C(=O)O. The fourth-order valence-electron chi connectivity index (χ4n) is 3.78. The van der Waals surface area contributed by atoms with E-state index in [4.69, 9.17) is 28.7 Å². The summed E-state index contributed by atoms with van der Waals surface area (Å²) in [5.41, 5.74) is 26.6. The fraction of sp³-hybridized carbons (Fsp3) is 0.667. The van der Waals surface area contributed by atoms with Crippen LogP contribution in [0, 0.1) is 0 Å². The number of nitrogens with one attached hydrogen (secondary N) is 2. The Bertz CT molecular complexity index is 892. The molecular formula is C21H37N9O7. The molecule has 37 heavy (non-hydrogen) atoms. The Balaban J connectivity index is 3.05. The highest BCUT2D eigenvalue weighted by Gasteiger charge is 2.38. The van der Waals surface area contributed by atoms with Crippen molar-refractivity contribution in [1.82, 2.24) is 15.5 Å². The van der Waals surface area contributed by atoms with Gasteiger partial charge in [0.05, 0.1) is 6.04 Å². The van der Waals surface area contributed by atoms with Crippen LogP contribution in [-0.2, 0) is 28.8 Å². The van der Waals surface area contributed by atoms with Crippen LogP contribution in [0.2, 0.25) is 0 Å². The Morgan fingerprint density at radius 2 is 1.49 bits per heavy atom. The molecule has 4 atom stereocenters. The molecule has 1 heterocycles. The van der Waals surface area contributed by atoms with E-state index in [-0.39, 0.29) is 64.0 Å². The van der Waals surface area contributed by atoms with Gasteiger partial charge in [0.2, 0.25) is 29.5 Å². The van der Waals surface area contributed by atoms with Gasteiger partial charge in [-0.2, -0.15) is 0 Å². The number of hydrogen-bond acceptors (Lipinski definition) is 8. The second kappa shape index (κ2) is 15.2. The molecule has 0 aromatic rings. The first-order chi connectivity index (χ1) is 17.3. The Labute approximate surface area is 213 Å². The molecule has 0 aromatic carbocycles. The topological polar surface area (TPSA) is 292 Å². The number of carbonyl (C=O) groups is 6. The van der Waals surface area contributed by atoms with Gasteiger partial charge in [0.15, 0.2) is 5.96 Å². The van der Waals surface area contributed by atoms with Gasteiger partial charge in [0.25, 0.3) is 0 Å². The molecule has 0 bridgehead atoms. The summed E-state index contributed by atoms with van der Waals surface area (Å²) in [5, 5.41) is 14.4. The molecule has 13 N–H and O–H groups in total. The average Bonchev–Trinajstić information content (AvgIpc) is 3.31. The van der Waals surface area contributed by atoms with Crippen LogP contribution in [0.25, 0.3) is 0 Å². The molecule has 0 aromatic heterocycles. The van der Waals surface area contributed by atoms with Gasteiger partial charge in [0, 0.05) is 25.9 Å². The van der Waals surface area contributed by atoms with Gasteiger partial charge in [-0.25, -0.2) is 4.79 Å². The first-order valence-corrected chi connectivity index (χ1v) is 11.8. The van der Waals surface area contributed by atoms with E-state index in [9.17, 15) is 33.9 Å². The van der Waals surface area contributed by atoms with Gasteiger partial charge in [-0.05, 0) is 38.5 Å². The lowest BCUT2D eigenvalue weighted by atomic mass is 10.0. The number of carboxylic acids is 1. The molecule has 0 saturated carbocycles. The van der Waals surface area contributed by atoms with E-state index in [1.807, 2.05) is 0 Å². The molecule has 16 nitrogen and oxygen atoms in total. The smallest absolute Gasteiger partial charge is 0.326 e. The number of aliphatic imine (C=N–C) groups is 1. The van der Waals surface area contributed by atoms with Gasteiger partial charge in [-0.15, -0.1) is 0 Å². The summed E-state index contributed by atoms with van der Waals surface area (Å²) in [6.07, 6.45) is 0.433. The van der Waals surface area contributed by atoms with Gasteiger partial charge in [0.1, 0.15) is 18.1 Å². The van der Waals surface area contributed by atoms with E-state index >= 15 is 0 Å². The van der Waals surface area contributed by atoms with Crippen LogP contribution in [0.15, 0.2) is 4.99 Å². The zero-order valence-electron chi connectivity index (χ0n) is 20.6. The lowest BCUT2D eigenvalue weighted by molar-refractivity contribution is -0.149.